The highest BCUT2D eigenvalue weighted by molar-refractivity contribution is 6.21. The molecule has 0 aliphatic rings. The van der Waals surface area contributed by atoms with Crippen LogP contribution in [-0.4, -0.2) is 31.4 Å². The summed E-state index contributed by atoms with van der Waals surface area (Å²) in [5.74, 6) is -2.03. The van der Waals surface area contributed by atoms with Crippen LogP contribution in [0.4, 0.5) is 0 Å². The van der Waals surface area contributed by atoms with Gasteiger partial charge in [-0.15, -0.1) is 0 Å². The molecule has 0 aromatic rings. The van der Waals surface area contributed by atoms with Crippen molar-refractivity contribution in [1.29, 1.82) is 0 Å². The lowest BCUT2D eigenvalue weighted by molar-refractivity contribution is -0.141. The van der Waals surface area contributed by atoms with Crippen LogP contribution in [0, 0.1) is 5.41 Å². The van der Waals surface area contributed by atoms with Crippen molar-refractivity contribution >= 4 is 17.7 Å². The number of rotatable bonds is 4. The Labute approximate surface area is 101 Å². The van der Waals surface area contributed by atoms with Gasteiger partial charge in [-0.05, 0) is 6.92 Å². The fraction of sp³-hybridized carbons (Fsp3) is 0.583. The summed E-state index contributed by atoms with van der Waals surface area (Å²) in [5.41, 5.74) is -1.06. The highest BCUT2D eigenvalue weighted by atomic mass is 16.5. The lowest BCUT2D eigenvalue weighted by atomic mass is 9.86. The summed E-state index contributed by atoms with van der Waals surface area (Å²) in [7, 11) is 1.15. The first kappa shape index (κ1) is 15.3. The van der Waals surface area contributed by atoms with E-state index in [9.17, 15) is 14.4 Å². The fourth-order valence-corrected chi connectivity index (χ4v) is 1.03. The molecule has 0 N–H and O–H groups in total. The molecule has 0 unspecified atom stereocenters. The molecule has 96 valence electrons. The Morgan fingerprint density at radius 3 is 2.06 bits per heavy atom. The summed E-state index contributed by atoms with van der Waals surface area (Å²) < 4.78 is 9.13. The number of esters is 2. The van der Waals surface area contributed by atoms with Gasteiger partial charge in [-0.3, -0.25) is 4.79 Å². The first-order valence-electron chi connectivity index (χ1n) is 5.25. The molecule has 0 amide bonds. The summed E-state index contributed by atoms with van der Waals surface area (Å²) >= 11 is 0. The zero-order chi connectivity index (χ0) is 13.6. The van der Waals surface area contributed by atoms with E-state index < -0.39 is 23.1 Å². The number of carbonyl (C=O) groups excluding carboxylic acids is 3. The van der Waals surface area contributed by atoms with E-state index in [0.717, 1.165) is 13.2 Å². The van der Waals surface area contributed by atoms with E-state index in [0.29, 0.717) is 0 Å². The Bertz CT molecular complexity index is 346. The zero-order valence-corrected chi connectivity index (χ0v) is 10.8. The van der Waals surface area contributed by atoms with Crippen molar-refractivity contribution in [3.05, 3.63) is 11.6 Å². The van der Waals surface area contributed by atoms with E-state index in [4.69, 9.17) is 0 Å². The van der Waals surface area contributed by atoms with Crippen LogP contribution in [0.5, 0.6) is 0 Å². The number of carbonyl (C=O) groups is 3. The lowest BCUT2D eigenvalue weighted by Crippen LogP contribution is -2.27. The number of hydrogen-bond acceptors (Lipinski definition) is 5. The number of ketones is 1. The standard InChI is InChI=1S/C12H18O5/c1-6-17-9(13)7-8(11(15)16-5)10(14)12(2,3)4/h7H,6H2,1-5H3/b8-7-. The molecule has 0 fully saturated rings. The zero-order valence-electron chi connectivity index (χ0n) is 10.8. The molecule has 0 aliphatic carbocycles. The normalized spacial score (nSPS) is 11.9. The largest absolute Gasteiger partial charge is 0.465 e. The minimum Gasteiger partial charge on any atom is -0.465 e. The smallest absolute Gasteiger partial charge is 0.341 e. The van der Waals surface area contributed by atoms with Crippen molar-refractivity contribution in [3.63, 3.8) is 0 Å². The van der Waals surface area contributed by atoms with E-state index in [1.54, 1.807) is 27.7 Å². The monoisotopic (exact) mass is 242 g/mol. The number of ether oxygens (including phenoxy) is 2. The van der Waals surface area contributed by atoms with E-state index >= 15 is 0 Å². The summed E-state index contributed by atoms with van der Waals surface area (Å²) in [5, 5.41) is 0. The van der Waals surface area contributed by atoms with E-state index in [1.807, 2.05) is 0 Å². The second-order valence-electron chi connectivity index (χ2n) is 4.38. The molecule has 0 saturated carbocycles. The van der Waals surface area contributed by atoms with Gasteiger partial charge in [0.1, 0.15) is 5.57 Å². The molecule has 0 aliphatic heterocycles. The van der Waals surface area contributed by atoms with Crippen molar-refractivity contribution in [3.8, 4) is 0 Å². The molecular formula is C12H18O5. The summed E-state index contributed by atoms with van der Waals surface area (Å²) in [4.78, 5) is 34.6. The van der Waals surface area contributed by atoms with Crippen LogP contribution >= 0.6 is 0 Å². The van der Waals surface area contributed by atoms with Crippen molar-refractivity contribution < 1.29 is 23.9 Å². The van der Waals surface area contributed by atoms with Gasteiger partial charge in [0.05, 0.1) is 13.7 Å². The van der Waals surface area contributed by atoms with Gasteiger partial charge in [-0.2, -0.15) is 0 Å². The van der Waals surface area contributed by atoms with Crippen molar-refractivity contribution in [1.82, 2.24) is 0 Å². The highest BCUT2D eigenvalue weighted by Gasteiger charge is 2.30. The molecule has 0 rings (SSSR count). The summed E-state index contributed by atoms with van der Waals surface area (Å²) in [6.45, 7) is 6.76. The number of methoxy groups -OCH3 is 1. The van der Waals surface area contributed by atoms with Crippen molar-refractivity contribution in [2.75, 3.05) is 13.7 Å². The van der Waals surface area contributed by atoms with Gasteiger partial charge in [0.25, 0.3) is 0 Å². The number of Topliss-reactive ketones (excluding diaryl/α,β-unsaturated/α-hetero) is 1. The maximum Gasteiger partial charge on any atom is 0.341 e. The summed E-state index contributed by atoms with van der Waals surface area (Å²) in [6, 6.07) is 0. The Kier molecular flexibility index (Phi) is 5.58. The molecule has 0 saturated heterocycles. The Morgan fingerprint density at radius 2 is 1.71 bits per heavy atom. The average molecular weight is 242 g/mol. The van der Waals surface area contributed by atoms with Crippen molar-refractivity contribution in [2.24, 2.45) is 5.41 Å². The van der Waals surface area contributed by atoms with Crippen LogP contribution in [0.3, 0.4) is 0 Å². The SMILES string of the molecule is CCOC(=O)/C=C(\C(=O)OC)C(=O)C(C)(C)C. The molecule has 5 heteroatoms. The minimum absolute atomic E-state index is 0.174. The van der Waals surface area contributed by atoms with Gasteiger partial charge in [0, 0.05) is 11.5 Å². The van der Waals surface area contributed by atoms with Crippen LogP contribution in [-0.2, 0) is 23.9 Å². The fourth-order valence-electron chi connectivity index (χ4n) is 1.03. The molecule has 0 spiro atoms. The van der Waals surface area contributed by atoms with Gasteiger partial charge < -0.3 is 9.47 Å². The molecule has 0 bridgehead atoms. The van der Waals surface area contributed by atoms with Crippen LogP contribution in [0.1, 0.15) is 27.7 Å². The first-order chi connectivity index (χ1) is 7.73. The van der Waals surface area contributed by atoms with Crippen LogP contribution < -0.4 is 0 Å². The van der Waals surface area contributed by atoms with Gasteiger partial charge in [0.2, 0.25) is 0 Å². The third-order valence-corrected chi connectivity index (χ3v) is 1.88. The van der Waals surface area contributed by atoms with E-state index in [1.165, 1.54) is 0 Å². The van der Waals surface area contributed by atoms with Gasteiger partial charge >= 0.3 is 11.9 Å². The molecule has 17 heavy (non-hydrogen) atoms. The van der Waals surface area contributed by atoms with Gasteiger partial charge in [-0.1, -0.05) is 20.8 Å². The van der Waals surface area contributed by atoms with Crippen LogP contribution in [0.25, 0.3) is 0 Å². The maximum atomic E-state index is 11.9. The topological polar surface area (TPSA) is 69.7 Å². The molecule has 0 aromatic carbocycles. The second-order valence-corrected chi connectivity index (χ2v) is 4.38. The number of hydrogen-bond donors (Lipinski definition) is 0. The second kappa shape index (κ2) is 6.18. The van der Waals surface area contributed by atoms with Crippen LogP contribution in [0.15, 0.2) is 11.6 Å². The predicted molar refractivity (Wildman–Crippen MR) is 61.2 cm³/mol. The van der Waals surface area contributed by atoms with E-state index in [2.05, 4.69) is 9.47 Å². The molecule has 0 radical (unpaired) electrons. The average Bonchev–Trinajstić information content (AvgIpc) is 2.23. The first-order valence-corrected chi connectivity index (χ1v) is 5.25. The molecule has 0 atom stereocenters. The summed E-state index contributed by atoms with van der Waals surface area (Å²) in [6.07, 6.45) is 0.878. The maximum absolute atomic E-state index is 11.9. The van der Waals surface area contributed by atoms with E-state index in [-0.39, 0.29) is 12.2 Å². The third kappa shape index (κ3) is 4.80. The Balaban J connectivity index is 5.23. The van der Waals surface area contributed by atoms with Gasteiger partial charge in [0.15, 0.2) is 5.78 Å². The third-order valence-electron chi connectivity index (χ3n) is 1.88. The van der Waals surface area contributed by atoms with Crippen LogP contribution in [0.2, 0.25) is 0 Å². The molecule has 0 heterocycles. The molecule has 5 nitrogen and oxygen atoms in total. The predicted octanol–water partition coefficient (Wildman–Crippen LogP) is 1.26. The molecule has 0 aromatic heterocycles. The van der Waals surface area contributed by atoms with Crippen molar-refractivity contribution in [2.45, 2.75) is 27.7 Å². The lowest BCUT2D eigenvalue weighted by Gasteiger charge is -2.17. The quantitative estimate of drug-likeness (QED) is 0.321. The minimum atomic E-state index is -0.835. The van der Waals surface area contributed by atoms with Gasteiger partial charge in [-0.25, -0.2) is 9.59 Å². The Hall–Kier alpha value is -1.65. The Morgan fingerprint density at radius 1 is 1.18 bits per heavy atom. The highest BCUT2D eigenvalue weighted by Crippen LogP contribution is 2.20. The molecular weight excluding hydrogens is 224 g/mol.